The molecule has 3 rings (SSSR count). The molecule has 7 nitrogen and oxygen atoms in total. The van der Waals surface area contributed by atoms with Gasteiger partial charge in [0.15, 0.2) is 0 Å². The van der Waals surface area contributed by atoms with Crippen molar-refractivity contribution in [2.24, 2.45) is 5.10 Å². The van der Waals surface area contributed by atoms with Gasteiger partial charge in [0, 0.05) is 17.7 Å². The zero-order valence-corrected chi connectivity index (χ0v) is 16.0. The number of non-ortho nitro benzene ring substituents is 1. The summed E-state index contributed by atoms with van der Waals surface area (Å²) >= 11 is 0. The Hall–Kier alpha value is -3.74. The molecule has 0 spiro atoms. The Morgan fingerprint density at radius 2 is 1.90 bits per heavy atom. The molecule has 0 aliphatic heterocycles. The number of amides is 1. The highest BCUT2D eigenvalue weighted by Gasteiger charge is 2.09. The lowest BCUT2D eigenvalue weighted by Crippen LogP contribution is -2.19. The Bertz CT molecular complexity index is 1050. The van der Waals surface area contributed by atoms with E-state index in [1.165, 1.54) is 12.1 Å². The molecule has 0 heterocycles. The molecule has 1 N–H and O–H groups in total. The molecule has 0 saturated carbocycles. The van der Waals surface area contributed by atoms with E-state index in [0.717, 1.165) is 22.8 Å². The topological polar surface area (TPSA) is 93.8 Å². The Balaban J connectivity index is 1.72. The van der Waals surface area contributed by atoms with Crippen LogP contribution in [-0.4, -0.2) is 23.7 Å². The van der Waals surface area contributed by atoms with E-state index in [2.05, 4.69) is 10.5 Å². The highest BCUT2D eigenvalue weighted by atomic mass is 16.6. The number of nitro benzene ring substituents is 1. The van der Waals surface area contributed by atoms with Crippen LogP contribution in [0.4, 0.5) is 5.69 Å². The smallest absolute Gasteiger partial charge is 0.269 e. The van der Waals surface area contributed by atoms with Crippen LogP contribution in [0.3, 0.4) is 0 Å². The van der Waals surface area contributed by atoms with Crippen molar-refractivity contribution in [1.82, 2.24) is 5.43 Å². The summed E-state index contributed by atoms with van der Waals surface area (Å²) in [4.78, 5) is 22.4. The molecule has 0 radical (unpaired) electrons. The first kappa shape index (κ1) is 20.0. The molecular formula is C22H21N3O4. The minimum Gasteiger partial charge on any atom is -0.493 e. The summed E-state index contributed by atoms with van der Waals surface area (Å²) in [5, 5.41) is 16.8. The first-order valence-electron chi connectivity index (χ1n) is 9.28. The molecule has 0 aromatic heterocycles. The van der Waals surface area contributed by atoms with Gasteiger partial charge >= 0.3 is 0 Å². The van der Waals surface area contributed by atoms with Crippen molar-refractivity contribution in [3.63, 3.8) is 0 Å². The van der Waals surface area contributed by atoms with Crippen LogP contribution >= 0.6 is 0 Å². The number of nitro groups is 1. The summed E-state index contributed by atoms with van der Waals surface area (Å²) in [5.41, 5.74) is 3.96. The molecule has 7 heteroatoms. The molecule has 0 atom stereocenters. The summed E-state index contributed by atoms with van der Waals surface area (Å²) in [6.45, 7) is 2.62. The third-order valence-electron chi connectivity index (χ3n) is 4.29. The summed E-state index contributed by atoms with van der Waals surface area (Å²) in [5.74, 6) is 0.394. The lowest BCUT2D eigenvalue weighted by molar-refractivity contribution is -0.384. The maximum absolute atomic E-state index is 12.2. The van der Waals surface area contributed by atoms with Gasteiger partial charge in [-0.3, -0.25) is 14.9 Å². The Kier molecular flexibility index (Phi) is 6.52. The number of fused-ring (bicyclic) bond motifs is 1. The Labute approximate surface area is 168 Å². The van der Waals surface area contributed by atoms with Crippen LogP contribution in [0.5, 0.6) is 5.75 Å². The summed E-state index contributed by atoms with van der Waals surface area (Å²) in [6.07, 6.45) is 2.54. The second-order valence-corrected chi connectivity index (χ2v) is 6.44. The number of nitrogens with one attached hydrogen (secondary N) is 1. The standard InChI is InChI=1S/C22H21N3O4/c1-2-13-29-21-12-9-17-5-3-4-6-19(17)20(21)15-23-24-22(26)14-16-7-10-18(11-8-16)25(27)28/h3-12,15H,2,13-14H2,1H3,(H,24,26)/b23-15+. The summed E-state index contributed by atoms with van der Waals surface area (Å²) in [6, 6.07) is 17.6. The molecule has 0 bridgehead atoms. The predicted molar refractivity (Wildman–Crippen MR) is 112 cm³/mol. The monoisotopic (exact) mass is 391 g/mol. The lowest BCUT2D eigenvalue weighted by Gasteiger charge is -2.11. The first-order valence-corrected chi connectivity index (χ1v) is 9.28. The predicted octanol–water partition coefficient (Wildman–Crippen LogP) is 4.23. The fourth-order valence-corrected chi connectivity index (χ4v) is 2.88. The van der Waals surface area contributed by atoms with E-state index in [-0.39, 0.29) is 18.0 Å². The van der Waals surface area contributed by atoms with Crippen LogP contribution in [0, 0.1) is 10.1 Å². The van der Waals surface area contributed by atoms with Gasteiger partial charge in [-0.15, -0.1) is 0 Å². The Morgan fingerprint density at radius 1 is 1.14 bits per heavy atom. The van der Waals surface area contributed by atoms with Gasteiger partial charge in [-0.05, 0) is 28.8 Å². The van der Waals surface area contributed by atoms with Crippen molar-refractivity contribution in [2.45, 2.75) is 19.8 Å². The number of carbonyl (C=O) groups excluding carboxylic acids is 1. The van der Waals surface area contributed by atoms with Crippen LogP contribution < -0.4 is 10.2 Å². The molecule has 148 valence electrons. The van der Waals surface area contributed by atoms with Crippen LogP contribution in [0.25, 0.3) is 10.8 Å². The number of carbonyl (C=O) groups is 1. The number of nitrogens with zero attached hydrogens (tertiary/aromatic N) is 2. The van der Waals surface area contributed by atoms with Crippen LogP contribution in [-0.2, 0) is 11.2 Å². The number of rotatable bonds is 8. The van der Waals surface area contributed by atoms with Crippen molar-refractivity contribution >= 4 is 28.6 Å². The van der Waals surface area contributed by atoms with E-state index in [4.69, 9.17) is 4.74 Å². The second-order valence-electron chi connectivity index (χ2n) is 6.44. The molecule has 3 aromatic rings. The SMILES string of the molecule is CCCOc1ccc2ccccc2c1/C=N/NC(=O)Cc1ccc([N+](=O)[O-])cc1. The van der Waals surface area contributed by atoms with Crippen molar-refractivity contribution < 1.29 is 14.5 Å². The second kappa shape index (κ2) is 9.45. The normalized spacial score (nSPS) is 10.9. The lowest BCUT2D eigenvalue weighted by atomic mass is 10.0. The van der Waals surface area contributed by atoms with Crippen molar-refractivity contribution in [2.75, 3.05) is 6.61 Å². The molecule has 0 fully saturated rings. The highest BCUT2D eigenvalue weighted by Crippen LogP contribution is 2.26. The van der Waals surface area contributed by atoms with E-state index >= 15 is 0 Å². The maximum Gasteiger partial charge on any atom is 0.269 e. The van der Waals surface area contributed by atoms with Gasteiger partial charge in [0.05, 0.1) is 24.2 Å². The minimum atomic E-state index is -0.476. The third kappa shape index (κ3) is 5.16. The Morgan fingerprint density at radius 3 is 2.62 bits per heavy atom. The first-order chi connectivity index (χ1) is 14.1. The van der Waals surface area contributed by atoms with E-state index in [9.17, 15) is 14.9 Å². The summed E-state index contributed by atoms with van der Waals surface area (Å²) < 4.78 is 5.82. The van der Waals surface area contributed by atoms with Gasteiger partial charge in [-0.25, -0.2) is 5.43 Å². The number of hydrazone groups is 1. The largest absolute Gasteiger partial charge is 0.493 e. The quantitative estimate of drug-likeness (QED) is 0.353. The molecule has 0 aliphatic carbocycles. The third-order valence-corrected chi connectivity index (χ3v) is 4.29. The fraction of sp³-hybridized carbons (Fsp3) is 0.182. The molecule has 0 saturated heterocycles. The zero-order chi connectivity index (χ0) is 20.6. The van der Waals surface area contributed by atoms with Gasteiger partial charge < -0.3 is 4.74 Å². The number of ether oxygens (including phenoxy) is 1. The minimum absolute atomic E-state index is 0.0113. The van der Waals surface area contributed by atoms with Gasteiger partial charge in [-0.2, -0.15) is 5.10 Å². The molecule has 0 aliphatic rings. The van der Waals surface area contributed by atoms with Crippen LogP contribution in [0.15, 0.2) is 65.8 Å². The fourth-order valence-electron chi connectivity index (χ4n) is 2.88. The van der Waals surface area contributed by atoms with Crippen LogP contribution in [0.2, 0.25) is 0 Å². The average Bonchev–Trinajstić information content (AvgIpc) is 2.73. The van der Waals surface area contributed by atoms with Gasteiger partial charge in [0.25, 0.3) is 5.69 Å². The van der Waals surface area contributed by atoms with Crippen molar-refractivity contribution in [3.8, 4) is 5.75 Å². The molecule has 3 aromatic carbocycles. The molecular weight excluding hydrogens is 370 g/mol. The molecule has 0 unspecified atom stereocenters. The average molecular weight is 391 g/mol. The van der Waals surface area contributed by atoms with Crippen molar-refractivity contribution in [1.29, 1.82) is 0 Å². The van der Waals surface area contributed by atoms with E-state index < -0.39 is 4.92 Å². The van der Waals surface area contributed by atoms with Crippen LogP contribution in [0.1, 0.15) is 24.5 Å². The molecule has 29 heavy (non-hydrogen) atoms. The molecule has 1 amide bonds. The zero-order valence-electron chi connectivity index (χ0n) is 16.0. The van der Waals surface area contributed by atoms with E-state index in [1.54, 1.807) is 18.3 Å². The highest BCUT2D eigenvalue weighted by molar-refractivity contribution is 6.02. The number of hydrogen-bond acceptors (Lipinski definition) is 5. The maximum atomic E-state index is 12.2. The van der Waals surface area contributed by atoms with Gasteiger partial charge in [0.2, 0.25) is 5.91 Å². The van der Waals surface area contributed by atoms with E-state index in [0.29, 0.717) is 17.9 Å². The summed E-state index contributed by atoms with van der Waals surface area (Å²) in [7, 11) is 0. The van der Waals surface area contributed by atoms with Gasteiger partial charge in [-0.1, -0.05) is 49.4 Å². The number of benzene rings is 3. The van der Waals surface area contributed by atoms with Gasteiger partial charge in [0.1, 0.15) is 5.75 Å². The van der Waals surface area contributed by atoms with E-state index in [1.807, 2.05) is 43.3 Å². The van der Waals surface area contributed by atoms with Crippen molar-refractivity contribution in [3.05, 3.63) is 81.9 Å². The number of hydrogen-bond donors (Lipinski definition) is 1.